The van der Waals surface area contributed by atoms with E-state index in [4.69, 9.17) is 4.74 Å². The van der Waals surface area contributed by atoms with Gasteiger partial charge in [-0.15, -0.1) is 5.10 Å². The molecule has 0 amide bonds. The molecule has 1 aliphatic heterocycles. The molecule has 0 aliphatic carbocycles. The van der Waals surface area contributed by atoms with E-state index in [1.807, 2.05) is 36.0 Å². The number of aromatic nitrogens is 3. The van der Waals surface area contributed by atoms with Gasteiger partial charge in [0.2, 0.25) is 5.88 Å². The molecular weight excluding hydrogens is 324 g/mol. The smallest absolute Gasteiger partial charge is 0.233 e. The minimum absolute atomic E-state index is 0.486. The predicted molar refractivity (Wildman–Crippen MR) is 107 cm³/mol. The van der Waals surface area contributed by atoms with Crippen LogP contribution in [0.15, 0.2) is 49.7 Å². The highest BCUT2D eigenvalue weighted by Gasteiger charge is 2.22. The summed E-state index contributed by atoms with van der Waals surface area (Å²) in [4.78, 5) is 5.53. The Kier molecular flexibility index (Phi) is 5.16. The van der Waals surface area contributed by atoms with Crippen LogP contribution in [0.4, 0.5) is 0 Å². The second-order valence-electron chi connectivity index (χ2n) is 6.37. The predicted octanol–water partition coefficient (Wildman–Crippen LogP) is 4.16. The van der Waals surface area contributed by atoms with Gasteiger partial charge in [-0.25, -0.2) is 0 Å². The zero-order valence-electron chi connectivity index (χ0n) is 15.6. The van der Waals surface area contributed by atoms with Gasteiger partial charge in [-0.05, 0) is 31.1 Å². The Morgan fingerprint density at radius 1 is 1.38 bits per heavy atom. The number of hydrogen-bond acceptors (Lipinski definition) is 3. The van der Waals surface area contributed by atoms with Gasteiger partial charge in [-0.2, -0.15) is 0 Å². The Morgan fingerprint density at radius 2 is 2.19 bits per heavy atom. The van der Waals surface area contributed by atoms with Crippen LogP contribution in [0.1, 0.15) is 29.4 Å². The summed E-state index contributed by atoms with van der Waals surface area (Å²) in [5.41, 5.74) is 6.55. The van der Waals surface area contributed by atoms with E-state index in [-0.39, 0.29) is 0 Å². The zero-order valence-corrected chi connectivity index (χ0v) is 15.6. The molecule has 3 heterocycles. The summed E-state index contributed by atoms with van der Waals surface area (Å²) in [6.45, 7) is 18.9. The maximum atomic E-state index is 5.79. The SMILES string of the molecule is C=C/C(=C\C)COc1cc2n(n1)CCN(C(=C)c1c[nH]c(C=C)c1C)C2. The van der Waals surface area contributed by atoms with Gasteiger partial charge in [0.25, 0.3) is 0 Å². The van der Waals surface area contributed by atoms with E-state index < -0.39 is 0 Å². The van der Waals surface area contributed by atoms with Crippen LogP contribution in [-0.4, -0.2) is 32.8 Å². The Morgan fingerprint density at radius 3 is 2.85 bits per heavy atom. The Balaban J connectivity index is 1.71. The standard InChI is InChI=1S/C21H26N4O/c1-6-17(7-2)14-26-21-11-18-13-24(9-10-25(18)23-21)16(5)19-12-22-20(8-3)15(19)4/h6-8,11-12,22H,1,3,5,9-10,13-14H2,2,4H3/b17-7+. The fourth-order valence-corrected chi connectivity index (χ4v) is 3.15. The first-order valence-electron chi connectivity index (χ1n) is 8.79. The summed E-state index contributed by atoms with van der Waals surface area (Å²) in [7, 11) is 0. The van der Waals surface area contributed by atoms with Crippen LogP contribution >= 0.6 is 0 Å². The first-order valence-corrected chi connectivity index (χ1v) is 8.79. The van der Waals surface area contributed by atoms with Crippen LogP contribution in [0.2, 0.25) is 0 Å². The molecule has 0 radical (unpaired) electrons. The summed E-state index contributed by atoms with van der Waals surface area (Å²) in [5, 5.41) is 4.55. The molecule has 0 atom stereocenters. The van der Waals surface area contributed by atoms with Crippen molar-refractivity contribution in [3.05, 3.63) is 72.2 Å². The quantitative estimate of drug-likeness (QED) is 0.763. The number of allylic oxidation sites excluding steroid dienone is 1. The lowest BCUT2D eigenvalue weighted by atomic mass is 10.1. The van der Waals surface area contributed by atoms with Crippen molar-refractivity contribution >= 4 is 11.8 Å². The van der Waals surface area contributed by atoms with Crippen molar-refractivity contribution in [3.63, 3.8) is 0 Å². The molecule has 0 saturated heterocycles. The number of nitrogens with one attached hydrogen (secondary N) is 1. The van der Waals surface area contributed by atoms with Gasteiger partial charge in [-0.1, -0.05) is 31.9 Å². The van der Waals surface area contributed by atoms with Gasteiger partial charge in [-0.3, -0.25) is 4.68 Å². The molecule has 1 aliphatic rings. The molecule has 0 unspecified atom stereocenters. The Hall–Kier alpha value is -2.95. The zero-order chi connectivity index (χ0) is 18.7. The average molecular weight is 350 g/mol. The van der Waals surface area contributed by atoms with Gasteiger partial charge in [0, 0.05) is 35.8 Å². The summed E-state index contributed by atoms with van der Waals surface area (Å²) in [6.07, 6.45) is 7.64. The Labute approximate surface area is 155 Å². The fraction of sp³-hybridized carbons (Fsp3) is 0.286. The monoisotopic (exact) mass is 350 g/mol. The molecular formula is C21H26N4O. The highest BCUT2D eigenvalue weighted by atomic mass is 16.5. The van der Waals surface area contributed by atoms with E-state index >= 15 is 0 Å². The van der Waals surface area contributed by atoms with Crippen molar-refractivity contribution in [2.45, 2.75) is 26.9 Å². The largest absolute Gasteiger partial charge is 0.472 e. The van der Waals surface area contributed by atoms with Crippen LogP contribution in [0.5, 0.6) is 5.88 Å². The van der Waals surface area contributed by atoms with Crippen molar-refractivity contribution in [3.8, 4) is 5.88 Å². The lowest BCUT2D eigenvalue weighted by molar-refractivity contribution is 0.297. The molecule has 0 aromatic carbocycles. The summed E-state index contributed by atoms with van der Waals surface area (Å²) in [6, 6.07) is 2.01. The Bertz CT molecular complexity index is 869. The first-order chi connectivity index (χ1) is 12.6. The third-order valence-electron chi connectivity index (χ3n) is 4.87. The molecule has 0 fully saturated rings. The number of aromatic amines is 1. The van der Waals surface area contributed by atoms with Crippen molar-refractivity contribution in [2.75, 3.05) is 13.2 Å². The van der Waals surface area contributed by atoms with Crippen LogP contribution in [0.3, 0.4) is 0 Å². The van der Waals surface area contributed by atoms with E-state index in [9.17, 15) is 0 Å². The molecule has 136 valence electrons. The number of rotatable bonds is 7. The molecule has 2 aromatic heterocycles. The van der Waals surface area contributed by atoms with Gasteiger partial charge >= 0.3 is 0 Å². The molecule has 0 spiro atoms. The molecule has 1 N–H and O–H groups in total. The number of fused-ring (bicyclic) bond motifs is 1. The maximum absolute atomic E-state index is 5.79. The van der Waals surface area contributed by atoms with Crippen molar-refractivity contribution in [1.82, 2.24) is 19.7 Å². The van der Waals surface area contributed by atoms with Gasteiger partial charge in [0.15, 0.2) is 0 Å². The minimum Gasteiger partial charge on any atom is -0.472 e. The number of H-pyrrole nitrogens is 1. The van der Waals surface area contributed by atoms with Gasteiger partial charge in [0.05, 0.1) is 18.8 Å². The van der Waals surface area contributed by atoms with Gasteiger partial charge < -0.3 is 14.6 Å². The molecule has 26 heavy (non-hydrogen) atoms. The summed E-state index contributed by atoms with van der Waals surface area (Å²) >= 11 is 0. The molecule has 0 bridgehead atoms. The van der Waals surface area contributed by atoms with Gasteiger partial charge in [0.1, 0.15) is 6.61 Å². The van der Waals surface area contributed by atoms with Crippen molar-refractivity contribution in [2.24, 2.45) is 0 Å². The number of ether oxygens (including phenoxy) is 1. The highest BCUT2D eigenvalue weighted by Crippen LogP contribution is 2.28. The molecule has 3 rings (SSSR count). The minimum atomic E-state index is 0.486. The normalized spacial score (nSPS) is 14.1. The average Bonchev–Trinajstić information content (AvgIpc) is 3.23. The lowest BCUT2D eigenvalue weighted by Crippen LogP contribution is -2.32. The second kappa shape index (κ2) is 7.52. The fourth-order valence-electron chi connectivity index (χ4n) is 3.15. The lowest BCUT2D eigenvalue weighted by Gasteiger charge is -2.31. The van der Waals surface area contributed by atoms with E-state index in [1.165, 1.54) is 5.56 Å². The van der Waals surface area contributed by atoms with Crippen molar-refractivity contribution in [1.29, 1.82) is 0 Å². The molecule has 2 aromatic rings. The molecule has 5 nitrogen and oxygen atoms in total. The van der Waals surface area contributed by atoms with E-state index in [2.05, 4.69) is 41.6 Å². The third kappa shape index (κ3) is 3.38. The van der Waals surface area contributed by atoms with Crippen LogP contribution in [0.25, 0.3) is 11.8 Å². The van der Waals surface area contributed by atoms with E-state index in [1.54, 1.807) is 6.08 Å². The first kappa shape index (κ1) is 17.9. The van der Waals surface area contributed by atoms with Crippen LogP contribution < -0.4 is 4.74 Å². The molecule has 0 saturated carbocycles. The summed E-state index contributed by atoms with van der Waals surface area (Å²) in [5.74, 6) is 0.653. The van der Waals surface area contributed by atoms with Crippen LogP contribution in [0, 0.1) is 6.92 Å². The number of hydrogen-bond donors (Lipinski definition) is 1. The number of nitrogens with zero attached hydrogens (tertiary/aromatic N) is 3. The van der Waals surface area contributed by atoms with E-state index in [0.29, 0.717) is 12.5 Å². The van der Waals surface area contributed by atoms with E-state index in [0.717, 1.165) is 47.9 Å². The highest BCUT2D eigenvalue weighted by molar-refractivity contribution is 5.68. The van der Waals surface area contributed by atoms with Crippen molar-refractivity contribution < 1.29 is 4.74 Å². The van der Waals surface area contributed by atoms with Crippen LogP contribution in [-0.2, 0) is 13.1 Å². The summed E-state index contributed by atoms with van der Waals surface area (Å²) < 4.78 is 7.81. The third-order valence-corrected chi connectivity index (χ3v) is 4.87. The topological polar surface area (TPSA) is 46.1 Å². The maximum Gasteiger partial charge on any atom is 0.233 e. The molecule has 5 heteroatoms. The second-order valence-corrected chi connectivity index (χ2v) is 6.37.